The summed E-state index contributed by atoms with van der Waals surface area (Å²) in [6, 6.07) is 7.21. The van der Waals surface area contributed by atoms with Gasteiger partial charge in [0.1, 0.15) is 6.26 Å². The second kappa shape index (κ2) is 7.12. The third-order valence-electron chi connectivity index (χ3n) is 3.82. The fourth-order valence-corrected chi connectivity index (χ4v) is 3.43. The molecule has 0 fully saturated rings. The van der Waals surface area contributed by atoms with Crippen LogP contribution in [0.5, 0.6) is 11.5 Å². The molecule has 1 N–H and O–H groups in total. The van der Waals surface area contributed by atoms with E-state index in [4.69, 9.17) is 13.9 Å². The largest absolute Gasteiger partial charge is 0.472 e. The lowest BCUT2D eigenvalue weighted by Crippen LogP contribution is -2.15. The van der Waals surface area contributed by atoms with Gasteiger partial charge in [-0.3, -0.25) is 4.79 Å². The van der Waals surface area contributed by atoms with E-state index in [1.807, 2.05) is 17.6 Å². The van der Waals surface area contributed by atoms with Crippen LogP contribution in [0, 0.1) is 0 Å². The third-order valence-corrected chi connectivity index (χ3v) is 4.78. The Hall–Kier alpha value is -2.94. The number of hydrogen-bond donors (Lipinski definition) is 1. The Morgan fingerprint density at radius 1 is 1.31 bits per heavy atom. The van der Waals surface area contributed by atoms with Gasteiger partial charge in [-0.25, -0.2) is 0 Å². The molecular formula is C17H16N4O4S. The predicted octanol–water partition coefficient (Wildman–Crippen LogP) is 3.02. The molecule has 2 aromatic heterocycles. The Kier molecular flexibility index (Phi) is 4.53. The minimum atomic E-state index is -0.158. The van der Waals surface area contributed by atoms with Gasteiger partial charge in [-0.05, 0) is 25.1 Å². The van der Waals surface area contributed by atoms with Gasteiger partial charge >= 0.3 is 0 Å². The number of nitrogens with zero attached hydrogens (tertiary/aromatic N) is 3. The van der Waals surface area contributed by atoms with Crippen LogP contribution in [0.2, 0.25) is 0 Å². The first-order chi connectivity index (χ1) is 12.8. The summed E-state index contributed by atoms with van der Waals surface area (Å²) >= 11 is 1.32. The summed E-state index contributed by atoms with van der Waals surface area (Å²) in [6.07, 6.45) is 3.21. The first-order valence-corrected chi connectivity index (χ1v) is 9.02. The van der Waals surface area contributed by atoms with Gasteiger partial charge in [0.25, 0.3) is 0 Å². The topological polar surface area (TPSA) is 91.4 Å². The number of carbonyl (C=O) groups excluding carboxylic acids is 1. The van der Waals surface area contributed by atoms with E-state index < -0.39 is 0 Å². The number of fused-ring (bicyclic) bond motifs is 1. The molecule has 0 unspecified atom stereocenters. The molecule has 3 heterocycles. The van der Waals surface area contributed by atoms with Crippen LogP contribution < -0.4 is 14.8 Å². The van der Waals surface area contributed by atoms with Gasteiger partial charge in [-0.1, -0.05) is 17.8 Å². The van der Waals surface area contributed by atoms with E-state index in [0.717, 1.165) is 11.4 Å². The number of carbonyl (C=O) groups is 1. The van der Waals surface area contributed by atoms with E-state index in [1.54, 1.807) is 30.7 Å². The van der Waals surface area contributed by atoms with Gasteiger partial charge in [0, 0.05) is 6.54 Å². The van der Waals surface area contributed by atoms with Crippen molar-refractivity contribution in [2.45, 2.75) is 18.6 Å². The fourth-order valence-electron chi connectivity index (χ4n) is 2.63. The van der Waals surface area contributed by atoms with Crippen LogP contribution in [-0.4, -0.2) is 33.2 Å². The average molecular weight is 372 g/mol. The van der Waals surface area contributed by atoms with Gasteiger partial charge < -0.3 is 23.8 Å². The van der Waals surface area contributed by atoms with Gasteiger partial charge in [-0.15, -0.1) is 10.2 Å². The number of hydrogen-bond acceptors (Lipinski definition) is 7. The molecule has 4 rings (SSSR count). The molecule has 1 aliphatic rings. The number of nitrogens with one attached hydrogen (secondary N) is 1. The zero-order chi connectivity index (χ0) is 17.9. The zero-order valence-corrected chi connectivity index (χ0v) is 14.8. The van der Waals surface area contributed by atoms with Crippen molar-refractivity contribution in [1.82, 2.24) is 14.8 Å². The van der Waals surface area contributed by atoms with E-state index in [-0.39, 0.29) is 18.5 Å². The normalized spacial score (nSPS) is 12.3. The highest BCUT2D eigenvalue weighted by Crippen LogP contribution is 2.38. The average Bonchev–Trinajstić information content (AvgIpc) is 3.38. The van der Waals surface area contributed by atoms with Crippen molar-refractivity contribution in [2.24, 2.45) is 0 Å². The number of furan rings is 1. The molecule has 0 spiro atoms. The van der Waals surface area contributed by atoms with Crippen molar-refractivity contribution in [3.05, 3.63) is 36.8 Å². The molecule has 8 nitrogen and oxygen atoms in total. The monoisotopic (exact) mass is 372 g/mol. The maximum absolute atomic E-state index is 12.3. The molecule has 0 radical (unpaired) electrons. The number of amides is 1. The number of thioether (sulfide) groups is 1. The van der Waals surface area contributed by atoms with Gasteiger partial charge in [0.15, 0.2) is 22.5 Å². The summed E-state index contributed by atoms with van der Waals surface area (Å²) in [7, 11) is 0. The second-order valence-electron chi connectivity index (χ2n) is 5.44. The summed E-state index contributed by atoms with van der Waals surface area (Å²) in [4.78, 5) is 12.3. The number of aromatic nitrogens is 3. The Balaban J connectivity index is 1.43. The number of rotatable bonds is 6. The Morgan fingerprint density at radius 2 is 2.23 bits per heavy atom. The molecule has 26 heavy (non-hydrogen) atoms. The first kappa shape index (κ1) is 16.5. The number of ether oxygens (including phenoxy) is 2. The van der Waals surface area contributed by atoms with Crippen molar-refractivity contribution in [1.29, 1.82) is 0 Å². The molecule has 0 saturated heterocycles. The molecule has 134 valence electrons. The minimum absolute atomic E-state index is 0.158. The standard InChI is InChI=1S/C17H16N4O4S/c1-2-21-16(11-6-7-23-8-11)19-20-17(21)26-9-14(22)18-12-4-3-5-13-15(12)25-10-24-13/h3-8H,2,9-10H2,1H3,(H,18,22). The molecule has 0 aliphatic carbocycles. The third kappa shape index (κ3) is 3.13. The van der Waals surface area contributed by atoms with E-state index in [9.17, 15) is 4.79 Å². The molecule has 9 heteroatoms. The molecular weight excluding hydrogens is 356 g/mol. The number of benzene rings is 1. The van der Waals surface area contributed by atoms with Crippen LogP contribution in [0.1, 0.15) is 6.92 Å². The quantitative estimate of drug-likeness (QED) is 0.665. The molecule has 3 aromatic rings. The van der Waals surface area contributed by atoms with E-state index in [2.05, 4.69) is 15.5 Å². The van der Waals surface area contributed by atoms with Gasteiger partial charge in [0.2, 0.25) is 12.7 Å². The van der Waals surface area contributed by atoms with Crippen LogP contribution >= 0.6 is 11.8 Å². The summed E-state index contributed by atoms with van der Waals surface area (Å²) in [5, 5.41) is 11.9. The highest BCUT2D eigenvalue weighted by molar-refractivity contribution is 7.99. The van der Waals surface area contributed by atoms with Crippen LogP contribution in [0.4, 0.5) is 5.69 Å². The second-order valence-corrected chi connectivity index (χ2v) is 6.38. The summed E-state index contributed by atoms with van der Waals surface area (Å²) in [5.41, 5.74) is 1.45. The van der Waals surface area contributed by atoms with Crippen molar-refractivity contribution in [3.63, 3.8) is 0 Å². The Labute approximate surface area is 153 Å². The predicted molar refractivity (Wildman–Crippen MR) is 95.3 cm³/mol. The van der Waals surface area contributed by atoms with Crippen LogP contribution in [0.3, 0.4) is 0 Å². The smallest absolute Gasteiger partial charge is 0.234 e. The Bertz CT molecular complexity index is 923. The summed E-state index contributed by atoms with van der Waals surface area (Å²) in [5.74, 6) is 1.95. The highest BCUT2D eigenvalue weighted by Gasteiger charge is 2.19. The van der Waals surface area contributed by atoms with Crippen molar-refractivity contribution in [3.8, 4) is 22.9 Å². The minimum Gasteiger partial charge on any atom is -0.472 e. The molecule has 1 amide bonds. The highest BCUT2D eigenvalue weighted by atomic mass is 32.2. The molecule has 0 saturated carbocycles. The van der Waals surface area contributed by atoms with Crippen LogP contribution in [0.15, 0.2) is 46.4 Å². The van der Waals surface area contributed by atoms with Crippen molar-refractivity contribution < 1.29 is 18.7 Å². The molecule has 0 atom stereocenters. The SMILES string of the molecule is CCn1c(SCC(=O)Nc2cccc3c2OCO3)nnc1-c1ccoc1. The van der Waals surface area contributed by atoms with Crippen LogP contribution in [0.25, 0.3) is 11.4 Å². The molecule has 1 aliphatic heterocycles. The maximum Gasteiger partial charge on any atom is 0.234 e. The van der Waals surface area contributed by atoms with Gasteiger partial charge in [-0.2, -0.15) is 0 Å². The van der Waals surface area contributed by atoms with Gasteiger partial charge in [0.05, 0.1) is 23.3 Å². The lowest BCUT2D eigenvalue weighted by Gasteiger charge is -2.08. The van der Waals surface area contributed by atoms with E-state index in [0.29, 0.717) is 28.9 Å². The zero-order valence-electron chi connectivity index (χ0n) is 14.0. The fraction of sp³-hybridized carbons (Fsp3) is 0.235. The van der Waals surface area contributed by atoms with Crippen LogP contribution in [-0.2, 0) is 11.3 Å². The lowest BCUT2D eigenvalue weighted by molar-refractivity contribution is -0.113. The summed E-state index contributed by atoms with van der Waals surface area (Å²) < 4.78 is 17.8. The summed E-state index contributed by atoms with van der Waals surface area (Å²) in [6.45, 7) is 2.85. The maximum atomic E-state index is 12.3. The number of anilines is 1. The molecule has 1 aromatic carbocycles. The first-order valence-electron chi connectivity index (χ1n) is 8.03. The van der Waals surface area contributed by atoms with Crippen molar-refractivity contribution >= 4 is 23.4 Å². The molecule has 0 bridgehead atoms. The van der Waals surface area contributed by atoms with E-state index in [1.165, 1.54) is 11.8 Å². The van der Waals surface area contributed by atoms with Crippen molar-refractivity contribution in [2.75, 3.05) is 17.9 Å². The lowest BCUT2D eigenvalue weighted by atomic mass is 10.2. The number of para-hydroxylation sites is 1. The van der Waals surface area contributed by atoms with E-state index >= 15 is 0 Å². The Morgan fingerprint density at radius 3 is 3.04 bits per heavy atom.